The third-order valence-electron chi connectivity index (χ3n) is 3.53. The highest BCUT2D eigenvalue weighted by Gasteiger charge is 2.37. The van der Waals surface area contributed by atoms with Crippen molar-refractivity contribution in [2.75, 3.05) is 12.3 Å². The lowest BCUT2D eigenvalue weighted by molar-refractivity contribution is 0.364. The SMILES string of the molecule is CCCS(=O)(=O)N1CCC[C@H]1c1nncn1CC(C)C. The highest BCUT2D eigenvalue weighted by molar-refractivity contribution is 7.89. The first-order valence-electron chi connectivity index (χ1n) is 7.33. The molecule has 1 aliphatic heterocycles. The molecule has 2 heterocycles. The minimum Gasteiger partial charge on any atom is -0.316 e. The minimum atomic E-state index is -3.18. The molecule has 1 saturated heterocycles. The molecule has 0 aromatic carbocycles. The van der Waals surface area contributed by atoms with E-state index in [1.165, 1.54) is 0 Å². The summed E-state index contributed by atoms with van der Waals surface area (Å²) in [5, 5.41) is 8.16. The van der Waals surface area contributed by atoms with Gasteiger partial charge in [0, 0.05) is 13.1 Å². The quantitative estimate of drug-likeness (QED) is 0.803. The molecular weight excluding hydrogens is 276 g/mol. The van der Waals surface area contributed by atoms with Gasteiger partial charge in [0.05, 0.1) is 11.8 Å². The smallest absolute Gasteiger partial charge is 0.214 e. The Kier molecular flexibility index (Phi) is 4.80. The maximum atomic E-state index is 12.3. The molecule has 1 aromatic rings. The second-order valence-corrected chi connectivity index (χ2v) is 7.86. The van der Waals surface area contributed by atoms with E-state index in [0.717, 1.165) is 25.2 Å². The molecule has 0 saturated carbocycles. The van der Waals surface area contributed by atoms with Crippen LogP contribution >= 0.6 is 0 Å². The molecule has 1 atom stereocenters. The summed E-state index contributed by atoms with van der Waals surface area (Å²) >= 11 is 0. The largest absolute Gasteiger partial charge is 0.316 e. The van der Waals surface area contributed by atoms with E-state index in [1.807, 2.05) is 11.5 Å². The van der Waals surface area contributed by atoms with Gasteiger partial charge in [0.25, 0.3) is 0 Å². The lowest BCUT2D eigenvalue weighted by atomic mass is 10.2. The molecule has 1 aliphatic rings. The van der Waals surface area contributed by atoms with Gasteiger partial charge < -0.3 is 4.57 Å². The van der Waals surface area contributed by atoms with E-state index in [9.17, 15) is 8.42 Å². The van der Waals surface area contributed by atoms with Crippen molar-refractivity contribution in [2.24, 2.45) is 5.92 Å². The summed E-state index contributed by atoms with van der Waals surface area (Å²) in [5.74, 6) is 1.48. The molecule has 0 unspecified atom stereocenters. The lowest BCUT2D eigenvalue weighted by Crippen LogP contribution is -2.33. The number of nitrogens with zero attached hydrogens (tertiary/aromatic N) is 4. The monoisotopic (exact) mass is 300 g/mol. The molecule has 1 fully saturated rings. The van der Waals surface area contributed by atoms with Crippen molar-refractivity contribution < 1.29 is 8.42 Å². The molecule has 6 nitrogen and oxygen atoms in total. The van der Waals surface area contributed by atoms with Crippen LogP contribution in [0.3, 0.4) is 0 Å². The highest BCUT2D eigenvalue weighted by atomic mass is 32.2. The molecule has 20 heavy (non-hydrogen) atoms. The first-order chi connectivity index (χ1) is 9.45. The number of aromatic nitrogens is 3. The van der Waals surface area contributed by atoms with Gasteiger partial charge in [-0.1, -0.05) is 20.8 Å². The molecule has 1 aromatic heterocycles. The Labute approximate surface area is 121 Å². The van der Waals surface area contributed by atoms with Gasteiger partial charge in [-0.2, -0.15) is 4.31 Å². The Bertz CT molecular complexity index is 538. The highest BCUT2D eigenvalue weighted by Crippen LogP contribution is 2.33. The van der Waals surface area contributed by atoms with Gasteiger partial charge >= 0.3 is 0 Å². The minimum absolute atomic E-state index is 0.146. The van der Waals surface area contributed by atoms with E-state index in [2.05, 4.69) is 24.0 Å². The average Bonchev–Trinajstić information content (AvgIpc) is 2.95. The fourth-order valence-corrected chi connectivity index (χ4v) is 4.51. The fourth-order valence-electron chi connectivity index (χ4n) is 2.76. The predicted molar refractivity (Wildman–Crippen MR) is 77.6 cm³/mol. The van der Waals surface area contributed by atoms with E-state index < -0.39 is 10.0 Å². The molecule has 7 heteroatoms. The maximum Gasteiger partial charge on any atom is 0.214 e. The first-order valence-corrected chi connectivity index (χ1v) is 8.93. The van der Waals surface area contributed by atoms with Crippen LogP contribution < -0.4 is 0 Å². The van der Waals surface area contributed by atoms with Crippen LogP contribution in [0.25, 0.3) is 0 Å². The molecule has 0 spiro atoms. The van der Waals surface area contributed by atoms with Gasteiger partial charge in [-0.05, 0) is 25.2 Å². The summed E-state index contributed by atoms with van der Waals surface area (Å²) in [6.45, 7) is 7.57. The molecule has 0 radical (unpaired) electrons. The number of hydrogen-bond acceptors (Lipinski definition) is 4. The first kappa shape index (κ1) is 15.4. The molecule has 2 rings (SSSR count). The molecule has 0 aliphatic carbocycles. The Morgan fingerprint density at radius 2 is 2.20 bits per heavy atom. The van der Waals surface area contributed by atoms with Crippen molar-refractivity contribution in [3.8, 4) is 0 Å². The van der Waals surface area contributed by atoms with Crippen LogP contribution in [-0.2, 0) is 16.6 Å². The van der Waals surface area contributed by atoms with Crippen LogP contribution in [0.15, 0.2) is 6.33 Å². The predicted octanol–water partition coefficient (Wildman–Crippen LogP) is 1.81. The van der Waals surface area contributed by atoms with E-state index in [1.54, 1.807) is 10.6 Å². The van der Waals surface area contributed by atoms with E-state index >= 15 is 0 Å². The molecular formula is C13H24N4O2S. The van der Waals surface area contributed by atoms with Crippen molar-refractivity contribution in [3.05, 3.63) is 12.2 Å². The van der Waals surface area contributed by atoms with Crippen LogP contribution in [0.1, 0.15) is 51.9 Å². The van der Waals surface area contributed by atoms with Crippen LogP contribution in [0, 0.1) is 5.92 Å². The van der Waals surface area contributed by atoms with Crippen LogP contribution in [0.5, 0.6) is 0 Å². The summed E-state index contributed by atoms with van der Waals surface area (Å²) in [7, 11) is -3.18. The van der Waals surface area contributed by atoms with Gasteiger partial charge in [-0.15, -0.1) is 10.2 Å². The van der Waals surface area contributed by atoms with Gasteiger partial charge in [0.2, 0.25) is 10.0 Å². The van der Waals surface area contributed by atoms with Crippen LogP contribution in [-0.4, -0.2) is 39.8 Å². The van der Waals surface area contributed by atoms with Crippen molar-refractivity contribution in [1.82, 2.24) is 19.1 Å². The molecule has 114 valence electrons. The third kappa shape index (κ3) is 3.20. The number of rotatable bonds is 6. The van der Waals surface area contributed by atoms with E-state index in [0.29, 0.717) is 18.9 Å². The van der Waals surface area contributed by atoms with Gasteiger partial charge in [0.1, 0.15) is 6.33 Å². The lowest BCUT2D eigenvalue weighted by Gasteiger charge is -2.24. The van der Waals surface area contributed by atoms with Crippen molar-refractivity contribution in [2.45, 2.75) is 52.6 Å². The third-order valence-corrected chi connectivity index (χ3v) is 5.60. The Balaban J connectivity index is 2.25. The normalized spacial score (nSPS) is 20.9. The zero-order valence-corrected chi connectivity index (χ0v) is 13.3. The second-order valence-electron chi connectivity index (χ2n) is 5.82. The average molecular weight is 300 g/mol. The Hall–Kier alpha value is -0.950. The Morgan fingerprint density at radius 3 is 2.85 bits per heavy atom. The zero-order chi connectivity index (χ0) is 14.8. The van der Waals surface area contributed by atoms with Gasteiger partial charge in [0.15, 0.2) is 5.82 Å². The summed E-state index contributed by atoms with van der Waals surface area (Å²) in [5.41, 5.74) is 0. The number of sulfonamides is 1. The molecule has 0 amide bonds. The van der Waals surface area contributed by atoms with E-state index in [-0.39, 0.29) is 11.8 Å². The van der Waals surface area contributed by atoms with Crippen molar-refractivity contribution in [1.29, 1.82) is 0 Å². The Morgan fingerprint density at radius 1 is 1.45 bits per heavy atom. The van der Waals surface area contributed by atoms with Crippen LogP contribution in [0.2, 0.25) is 0 Å². The number of hydrogen-bond donors (Lipinski definition) is 0. The maximum absolute atomic E-state index is 12.3. The summed E-state index contributed by atoms with van der Waals surface area (Å²) in [4.78, 5) is 0. The van der Waals surface area contributed by atoms with Crippen LogP contribution in [0.4, 0.5) is 0 Å². The summed E-state index contributed by atoms with van der Waals surface area (Å²) in [6.07, 6.45) is 4.07. The fraction of sp³-hybridized carbons (Fsp3) is 0.846. The standard InChI is InChI=1S/C13H24N4O2S/c1-4-8-20(18,19)17-7-5-6-12(17)13-15-14-10-16(13)9-11(2)3/h10-12H,4-9H2,1-3H3/t12-/m0/s1. The molecule has 0 N–H and O–H groups in total. The van der Waals surface area contributed by atoms with Crippen molar-refractivity contribution in [3.63, 3.8) is 0 Å². The molecule has 0 bridgehead atoms. The van der Waals surface area contributed by atoms with Crippen molar-refractivity contribution >= 4 is 10.0 Å². The summed E-state index contributed by atoms with van der Waals surface area (Å²) in [6, 6.07) is -0.146. The van der Waals surface area contributed by atoms with E-state index in [4.69, 9.17) is 0 Å². The summed E-state index contributed by atoms with van der Waals surface area (Å²) < 4.78 is 28.3. The topological polar surface area (TPSA) is 68.1 Å². The van der Waals surface area contributed by atoms with Gasteiger partial charge in [-0.3, -0.25) is 0 Å². The van der Waals surface area contributed by atoms with Gasteiger partial charge in [-0.25, -0.2) is 8.42 Å². The second kappa shape index (κ2) is 6.22. The zero-order valence-electron chi connectivity index (χ0n) is 12.5.